The van der Waals surface area contributed by atoms with Crippen LogP contribution >= 0.6 is 0 Å². The first-order valence-electron chi connectivity index (χ1n) is 10.8. The number of halogens is 2. The molecular formula is C26H32F2O4. The first-order chi connectivity index (χ1) is 15.0. The van der Waals surface area contributed by atoms with Crippen LogP contribution in [0.5, 0.6) is 0 Å². The summed E-state index contributed by atoms with van der Waals surface area (Å²) in [6.07, 6.45) is -1.62. The van der Waals surface area contributed by atoms with Gasteiger partial charge in [0.25, 0.3) is 0 Å². The Kier molecular flexibility index (Phi) is 9.10. The molecular weight excluding hydrogens is 414 g/mol. The molecule has 3 N–H and O–H groups in total. The maximum atomic E-state index is 13.9. The number of aliphatic hydroxyl groups excluding tert-OH is 2. The van der Waals surface area contributed by atoms with E-state index in [0.717, 1.165) is 22.3 Å². The van der Waals surface area contributed by atoms with Crippen LogP contribution in [0, 0.1) is 31.4 Å². The van der Waals surface area contributed by atoms with Gasteiger partial charge in [-0.2, -0.15) is 0 Å². The fourth-order valence-electron chi connectivity index (χ4n) is 3.88. The summed E-state index contributed by atoms with van der Waals surface area (Å²) < 4.78 is 27.9. The van der Waals surface area contributed by atoms with E-state index in [9.17, 15) is 23.8 Å². The Bertz CT molecular complexity index is 928. The van der Waals surface area contributed by atoms with Gasteiger partial charge >= 0.3 is 5.97 Å². The van der Waals surface area contributed by atoms with Gasteiger partial charge in [-0.3, -0.25) is 4.79 Å². The van der Waals surface area contributed by atoms with E-state index < -0.39 is 24.6 Å². The highest BCUT2D eigenvalue weighted by molar-refractivity contribution is 5.83. The minimum absolute atomic E-state index is 0.0294. The standard InChI is InChI=1S/C26H32F2O4/c1-15(2)22(8-7-20(29)13-21(30)14-25(31)32)26(18-5-9-23(27)16(3)11-18)19-6-10-24(28)17(4)12-19/h5-6,9-12,15,20-21,29-30H,7-8,13-14H2,1-4H3,(H,31,32)/t20-,21?/m1/s1. The molecule has 0 aliphatic heterocycles. The molecule has 0 saturated heterocycles. The van der Waals surface area contributed by atoms with Crippen molar-refractivity contribution in [1.29, 1.82) is 0 Å². The second kappa shape index (κ2) is 11.3. The van der Waals surface area contributed by atoms with Crippen LogP contribution in [-0.2, 0) is 4.79 Å². The molecule has 0 spiro atoms. The van der Waals surface area contributed by atoms with Crippen molar-refractivity contribution in [3.05, 3.63) is 75.9 Å². The Labute approximate surface area is 188 Å². The maximum Gasteiger partial charge on any atom is 0.305 e. The molecule has 2 rings (SSSR count). The van der Waals surface area contributed by atoms with Gasteiger partial charge in [-0.1, -0.05) is 31.6 Å². The molecule has 174 valence electrons. The zero-order valence-electron chi connectivity index (χ0n) is 19.0. The van der Waals surface area contributed by atoms with E-state index in [0.29, 0.717) is 24.0 Å². The van der Waals surface area contributed by atoms with Crippen molar-refractivity contribution in [2.45, 2.75) is 65.6 Å². The van der Waals surface area contributed by atoms with E-state index in [1.54, 1.807) is 38.1 Å². The van der Waals surface area contributed by atoms with Gasteiger partial charge < -0.3 is 15.3 Å². The Morgan fingerprint density at radius 1 is 0.906 bits per heavy atom. The molecule has 0 amide bonds. The fourth-order valence-corrected chi connectivity index (χ4v) is 3.88. The van der Waals surface area contributed by atoms with Gasteiger partial charge in [0.15, 0.2) is 0 Å². The Morgan fingerprint density at radius 2 is 1.41 bits per heavy atom. The highest BCUT2D eigenvalue weighted by Gasteiger charge is 2.20. The number of aryl methyl sites for hydroxylation is 2. The van der Waals surface area contributed by atoms with Crippen LogP contribution in [0.15, 0.2) is 42.0 Å². The zero-order valence-corrected chi connectivity index (χ0v) is 19.0. The normalized spacial score (nSPS) is 13.2. The summed E-state index contributed by atoms with van der Waals surface area (Å²) in [4.78, 5) is 10.8. The summed E-state index contributed by atoms with van der Waals surface area (Å²) in [6, 6.07) is 9.75. The summed E-state index contributed by atoms with van der Waals surface area (Å²) in [7, 11) is 0. The lowest BCUT2D eigenvalue weighted by Gasteiger charge is -2.22. The van der Waals surface area contributed by atoms with Gasteiger partial charge in [-0.05, 0) is 91.1 Å². The third-order valence-electron chi connectivity index (χ3n) is 5.61. The number of rotatable bonds is 10. The SMILES string of the molecule is Cc1cc(C(=C(CC[C@@H](O)CC(O)CC(=O)O)C(C)C)c2ccc(F)c(C)c2)ccc1F. The number of aliphatic hydroxyl groups is 2. The molecule has 2 atom stereocenters. The molecule has 6 heteroatoms. The van der Waals surface area contributed by atoms with Crippen molar-refractivity contribution in [3.8, 4) is 0 Å². The zero-order chi connectivity index (χ0) is 24.0. The second-order valence-corrected chi connectivity index (χ2v) is 8.66. The molecule has 1 unspecified atom stereocenters. The molecule has 0 radical (unpaired) electrons. The van der Waals surface area contributed by atoms with Crippen LogP contribution in [0.4, 0.5) is 8.78 Å². The largest absolute Gasteiger partial charge is 0.481 e. The van der Waals surface area contributed by atoms with E-state index in [2.05, 4.69) is 0 Å². The highest BCUT2D eigenvalue weighted by atomic mass is 19.1. The van der Waals surface area contributed by atoms with Gasteiger partial charge in [0.1, 0.15) is 11.6 Å². The summed E-state index contributed by atoms with van der Waals surface area (Å²) >= 11 is 0. The average Bonchev–Trinajstić information content (AvgIpc) is 2.68. The number of carboxylic acid groups (broad SMARTS) is 1. The van der Waals surface area contributed by atoms with Crippen LogP contribution in [0.25, 0.3) is 5.57 Å². The molecule has 4 nitrogen and oxygen atoms in total. The summed E-state index contributed by atoms with van der Waals surface area (Å²) in [6.45, 7) is 7.42. The van der Waals surface area contributed by atoms with Gasteiger partial charge in [0.2, 0.25) is 0 Å². The first-order valence-corrected chi connectivity index (χ1v) is 10.8. The maximum absolute atomic E-state index is 13.9. The van der Waals surface area contributed by atoms with E-state index in [4.69, 9.17) is 5.11 Å². The lowest BCUT2D eigenvalue weighted by molar-refractivity contribution is -0.139. The molecule has 0 fully saturated rings. The van der Waals surface area contributed by atoms with Crippen LogP contribution in [0.1, 0.15) is 61.8 Å². The number of benzene rings is 2. The molecule has 32 heavy (non-hydrogen) atoms. The molecule has 2 aromatic carbocycles. The predicted molar refractivity (Wildman–Crippen MR) is 121 cm³/mol. The minimum Gasteiger partial charge on any atom is -0.481 e. The van der Waals surface area contributed by atoms with Crippen molar-refractivity contribution in [3.63, 3.8) is 0 Å². The third kappa shape index (κ3) is 6.97. The molecule has 0 heterocycles. The Morgan fingerprint density at radius 3 is 1.81 bits per heavy atom. The number of hydrogen-bond acceptors (Lipinski definition) is 3. The second-order valence-electron chi connectivity index (χ2n) is 8.66. The Hall–Kier alpha value is -2.57. The fraction of sp³-hybridized carbons (Fsp3) is 0.423. The quantitative estimate of drug-likeness (QED) is 0.456. The summed E-state index contributed by atoms with van der Waals surface area (Å²) in [5, 5.41) is 29.0. The number of hydrogen-bond donors (Lipinski definition) is 3. The Balaban J connectivity index is 2.47. The minimum atomic E-state index is -1.12. The topological polar surface area (TPSA) is 77.8 Å². The van der Waals surface area contributed by atoms with Crippen LogP contribution in [-0.4, -0.2) is 33.5 Å². The van der Waals surface area contributed by atoms with Gasteiger partial charge in [-0.15, -0.1) is 0 Å². The molecule has 0 bridgehead atoms. The highest BCUT2D eigenvalue weighted by Crippen LogP contribution is 2.35. The number of allylic oxidation sites excluding steroid dienone is 1. The number of aliphatic carboxylic acids is 1. The van der Waals surface area contributed by atoms with E-state index in [1.165, 1.54) is 12.1 Å². The monoisotopic (exact) mass is 446 g/mol. The molecule has 0 aromatic heterocycles. The lowest BCUT2D eigenvalue weighted by atomic mass is 9.84. The van der Waals surface area contributed by atoms with E-state index >= 15 is 0 Å². The van der Waals surface area contributed by atoms with Gasteiger partial charge in [-0.25, -0.2) is 8.78 Å². The molecule has 0 aliphatic rings. The van der Waals surface area contributed by atoms with Gasteiger partial charge in [0.05, 0.1) is 18.6 Å². The van der Waals surface area contributed by atoms with Crippen LogP contribution < -0.4 is 0 Å². The van der Waals surface area contributed by atoms with Crippen molar-refractivity contribution < 1.29 is 28.9 Å². The third-order valence-corrected chi connectivity index (χ3v) is 5.61. The lowest BCUT2D eigenvalue weighted by Crippen LogP contribution is -2.21. The van der Waals surface area contributed by atoms with E-state index in [-0.39, 0.29) is 24.0 Å². The average molecular weight is 447 g/mol. The van der Waals surface area contributed by atoms with Crippen molar-refractivity contribution in [2.75, 3.05) is 0 Å². The van der Waals surface area contributed by atoms with Crippen molar-refractivity contribution in [1.82, 2.24) is 0 Å². The van der Waals surface area contributed by atoms with Crippen LogP contribution in [0.2, 0.25) is 0 Å². The first kappa shape index (κ1) is 25.7. The predicted octanol–water partition coefficient (Wildman–Crippen LogP) is 5.41. The van der Waals surface area contributed by atoms with Crippen LogP contribution in [0.3, 0.4) is 0 Å². The molecule has 0 saturated carbocycles. The summed E-state index contributed by atoms with van der Waals surface area (Å²) in [5.41, 5.74) is 4.48. The van der Waals surface area contributed by atoms with Crippen molar-refractivity contribution in [2.24, 2.45) is 5.92 Å². The number of carbonyl (C=O) groups is 1. The van der Waals surface area contributed by atoms with Crippen molar-refractivity contribution >= 4 is 11.5 Å². The summed E-state index contributed by atoms with van der Waals surface area (Å²) in [5.74, 6) is -1.65. The number of carboxylic acids is 1. The van der Waals surface area contributed by atoms with Gasteiger partial charge in [0, 0.05) is 0 Å². The molecule has 2 aromatic rings. The van der Waals surface area contributed by atoms with E-state index in [1.807, 2.05) is 13.8 Å². The smallest absolute Gasteiger partial charge is 0.305 e. The molecule has 0 aliphatic carbocycles.